The molecule has 0 aliphatic carbocycles. The third kappa shape index (κ3) is 3.88. The minimum atomic E-state index is -0.0720. The molecule has 100 valence electrons. The number of allylic oxidation sites excluding steroid dienone is 2. The highest BCUT2D eigenvalue weighted by molar-refractivity contribution is 5.87. The summed E-state index contributed by atoms with van der Waals surface area (Å²) in [6.07, 6.45) is 7.90. The Morgan fingerprint density at radius 1 is 1.32 bits per heavy atom. The van der Waals surface area contributed by atoms with Crippen molar-refractivity contribution in [3.05, 3.63) is 42.0 Å². The second-order valence-corrected chi connectivity index (χ2v) is 4.12. The van der Waals surface area contributed by atoms with Crippen molar-refractivity contribution in [2.75, 3.05) is 13.3 Å². The Bertz CT molecular complexity index is 506. The normalized spacial score (nSPS) is 13.3. The molecule has 2 rings (SSSR count). The fourth-order valence-corrected chi connectivity index (χ4v) is 1.63. The van der Waals surface area contributed by atoms with Crippen LogP contribution < -0.4 is 14.8 Å². The molecule has 1 aromatic rings. The number of hydrogen-bond acceptors (Lipinski definition) is 3. The van der Waals surface area contributed by atoms with Crippen LogP contribution >= 0.6 is 0 Å². The largest absolute Gasteiger partial charge is 0.454 e. The van der Waals surface area contributed by atoms with Crippen molar-refractivity contribution in [2.24, 2.45) is 0 Å². The van der Waals surface area contributed by atoms with Gasteiger partial charge in [-0.2, -0.15) is 0 Å². The molecule has 1 heterocycles. The molecule has 0 saturated heterocycles. The van der Waals surface area contributed by atoms with Crippen molar-refractivity contribution >= 4 is 12.0 Å². The second kappa shape index (κ2) is 6.64. The lowest BCUT2D eigenvalue weighted by Crippen LogP contribution is -2.21. The van der Waals surface area contributed by atoms with Crippen molar-refractivity contribution in [3.63, 3.8) is 0 Å². The van der Waals surface area contributed by atoms with E-state index in [-0.39, 0.29) is 12.7 Å². The van der Waals surface area contributed by atoms with Crippen molar-refractivity contribution in [3.8, 4) is 11.5 Å². The van der Waals surface area contributed by atoms with E-state index in [2.05, 4.69) is 5.32 Å². The molecule has 19 heavy (non-hydrogen) atoms. The number of amides is 1. The standard InChI is InChI=1S/C15H17NO3/c1-2-9-16-15(17)6-4-3-5-12-7-8-13-14(10-12)19-11-18-13/h3-8,10H,2,9,11H2,1H3,(H,16,17)/b5-3-,6-4+. The highest BCUT2D eigenvalue weighted by atomic mass is 16.7. The van der Waals surface area contributed by atoms with Gasteiger partial charge in [-0.1, -0.05) is 31.2 Å². The first-order valence-electron chi connectivity index (χ1n) is 6.32. The summed E-state index contributed by atoms with van der Waals surface area (Å²) < 4.78 is 10.5. The van der Waals surface area contributed by atoms with Crippen LogP contribution in [0.25, 0.3) is 6.08 Å². The molecule has 4 heteroatoms. The Balaban J connectivity index is 1.88. The summed E-state index contributed by atoms with van der Waals surface area (Å²) in [5.41, 5.74) is 1.00. The quantitative estimate of drug-likeness (QED) is 0.653. The molecular weight excluding hydrogens is 242 g/mol. The molecule has 0 unspecified atom stereocenters. The number of carbonyl (C=O) groups is 1. The SMILES string of the molecule is CCCNC(=O)/C=C/C=C\c1ccc2c(c1)OCO2. The van der Waals surface area contributed by atoms with Gasteiger partial charge in [-0.05, 0) is 24.1 Å². The molecule has 1 amide bonds. The Labute approximate surface area is 112 Å². The van der Waals surface area contributed by atoms with Crippen LogP contribution in [-0.4, -0.2) is 19.2 Å². The van der Waals surface area contributed by atoms with Gasteiger partial charge in [-0.15, -0.1) is 0 Å². The van der Waals surface area contributed by atoms with Crippen LogP contribution in [0.15, 0.2) is 36.4 Å². The maximum atomic E-state index is 11.3. The molecule has 1 N–H and O–H groups in total. The van der Waals surface area contributed by atoms with Gasteiger partial charge in [0, 0.05) is 12.6 Å². The van der Waals surface area contributed by atoms with E-state index in [1.165, 1.54) is 6.08 Å². The highest BCUT2D eigenvalue weighted by Crippen LogP contribution is 2.32. The van der Waals surface area contributed by atoms with E-state index < -0.39 is 0 Å². The Morgan fingerprint density at radius 3 is 3.00 bits per heavy atom. The Morgan fingerprint density at radius 2 is 2.16 bits per heavy atom. The molecule has 0 saturated carbocycles. The van der Waals surface area contributed by atoms with E-state index in [1.807, 2.05) is 37.3 Å². The number of ether oxygens (including phenoxy) is 2. The number of rotatable bonds is 5. The van der Waals surface area contributed by atoms with E-state index in [1.54, 1.807) is 6.08 Å². The topological polar surface area (TPSA) is 47.6 Å². The zero-order chi connectivity index (χ0) is 13.5. The van der Waals surface area contributed by atoms with E-state index in [4.69, 9.17) is 9.47 Å². The molecule has 1 aliphatic rings. The van der Waals surface area contributed by atoms with Gasteiger partial charge in [0.05, 0.1) is 0 Å². The molecule has 0 fully saturated rings. The van der Waals surface area contributed by atoms with E-state index >= 15 is 0 Å². The summed E-state index contributed by atoms with van der Waals surface area (Å²) >= 11 is 0. The van der Waals surface area contributed by atoms with Crippen LogP contribution in [0, 0.1) is 0 Å². The van der Waals surface area contributed by atoms with Crippen LogP contribution in [0.2, 0.25) is 0 Å². The van der Waals surface area contributed by atoms with Crippen molar-refractivity contribution in [1.29, 1.82) is 0 Å². The third-order valence-electron chi connectivity index (χ3n) is 2.59. The minimum Gasteiger partial charge on any atom is -0.454 e. The zero-order valence-corrected chi connectivity index (χ0v) is 10.9. The summed E-state index contributed by atoms with van der Waals surface area (Å²) in [4.78, 5) is 11.3. The molecular formula is C15H17NO3. The van der Waals surface area contributed by atoms with Gasteiger partial charge in [-0.25, -0.2) is 0 Å². The van der Waals surface area contributed by atoms with Crippen molar-refractivity contribution < 1.29 is 14.3 Å². The van der Waals surface area contributed by atoms with Gasteiger partial charge in [0.1, 0.15) is 0 Å². The van der Waals surface area contributed by atoms with Gasteiger partial charge < -0.3 is 14.8 Å². The van der Waals surface area contributed by atoms with Crippen molar-refractivity contribution in [2.45, 2.75) is 13.3 Å². The molecule has 1 aromatic carbocycles. The highest BCUT2D eigenvalue weighted by Gasteiger charge is 2.11. The Hall–Kier alpha value is -2.23. The molecule has 0 spiro atoms. The smallest absolute Gasteiger partial charge is 0.243 e. The lowest BCUT2D eigenvalue weighted by molar-refractivity contribution is -0.116. The molecule has 4 nitrogen and oxygen atoms in total. The van der Waals surface area contributed by atoms with E-state index in [0.29, 0.717) is 6.54 Å². The second-order valence-electron chi connectivity index (χ2n) is 4.12. The van der Waals surface area contributed by atoms with Crippen LogP contribution in [-0.2, 0) is 4.79 Å². The fraction of sp³-hybridized carbons (Fsp3) is 0.267. The maximum absolute atomic E-state index is 11.3. The molecule has 0 atom stereocenters. The van der Waals surface area contributed by atoms with Gasteiger partial charge in [0.2, 0.25) is 12.7 Å². The summed E-state index contributed by atoms with van der Waals surface area (Å²) in [5.74, 6) is 1.45. The number of hydrogen-bond donors (Lipinski definition) is 1. The van der Waals surface area contributed by atoms with Crippen LogP contribution in [0.4, 0.5) is 0 Å². The number of fused-ring (bicyclic) bond motifs is 1. The summed E-state index contributed by atoms with van der Waals surface area (Å²) in [6, 6.07) is 5.72. The first-order valence-corrected chi connectivity index (χ1v) is 6.32. The third-order valence-corrected chi connectivity index (χ3v) is 2.59. The molecule has 1 aliphatic heterocycles. The lowest BCUT2D eigenvalue weighted by Gasteiger charge is -1.97. The lowest BCUT2D eigenvalue weighted by atomic mass is 10.2. The van der Waals surface area contributed by atoms with Gasteiger partial charge >= 0.3 is 0 Å². The predicted octanol–water partition coefficient (Wildman–Crippen LogP) is 2.51. The molecule has 0 aromatic heterocycles. The van der Waals surface area contributed by atoms with E-state index in [0.717, 1.165) is 23.5 Å². The average Bonchev–Trinajstić information content (AvgIpc) is 2.88. The van der Waals surface area contributed by atoms with E-state index in [9.17, 15) is 4.79 Å². The Kier molecular flexibility index (Phi) is 4.61. The molecule has 0 bridgehead atoms. The van der Waals surface area contributed by atoms with Gasteiger partial charge in [0.25, 0.3) is 0 Å². The number of carbonyl (C=O) groups excluding carboxylic acids is 1. The van der Waals surface area contributed by atoms with Crippen LogP contribution in [0.3, 0.4) is 0 Å². The minimum absolute atomic E-state index is 0.0720. The maximum Gasteiger partial charge on any atom is 0.243 e. The first kappa shape index (κ1) is 13.2. The predicted molar refractivity (Wildman–Crippen MR) is 74.0 cm³/mol. The average molecular weight is 259 g/mol. The monoisotopic (exact) mass is 259 g/mol. The number of nitrogens with one attached hydrogen (secondary N) is 1. The van der Waals surface area contributed by atoms with Gasteiger partial charge in [-0.3, -0.25) is 4.79 Å². The first-order chi connectivity index (χ1) is 9.29. The van der Waals surface area contributed by atoms with Crippen molar-refractivity contribution in [1.82, 2.24) is 5.32 Å². The molecule has 0 radical (unpaired) electrons. The summed E-state index contributed by atoms with van der Waals surface area (Å²) in [7, 11) is 0. The van der Waals surface area contributed by atoms with Gasteiger partial charge in [0.15, 0.2) is 11.5 Å². The number of benzene rings is 1. The fourth-order valence-electron chi connectivity index (χ4n) is 1.63. The summed E-state index contributed by atoms with van der Waals surface area (Å²) in [6.45, 7) is 3.00. The van der Waals surface area contributed by atoms with Crippen LogP contribution in [0.1, 0.15) is 18.9 Å². The zero-order valence-electron chi connectivity index (χ0n) is 10.9. The van der Waals surface area contributed by atoms with Crippen LogP contribution in [0.5, 0.6) is 11.5 Å². The summed E-state index contributed by atoms with van der Waals surface area (Å²) in [5, 5.41) is 2.77.